The van der Waals surface area contributed by atoms with E-state index in [9.17, 15) is 15.0 Å². The number of aromatic hydroxyl groups is 2. The van der Waals surface area contributed by atoms with Crippen LogP contribution in [0.4, 0.5) is 5.69 Å². The van der Waals surface area contributed by atoms with E-state index in [4.69, 9.17) is 4.42 Å². The molecule has 2 heterocycles. The molecule has 5 nitrogen and oxygen atoms in total. The van der Waals surface area contributed by atoms with Gasteiger partial charge in [-0.05, 0) is 70.6 Å². The summed E-state index contributed by atoms with van der Waals surface area (Å²) in [5.41, 5.74) is 1.93. The molecule has 1 saturated heterocycles. The van der Waals surface area contributed by atoms with Crippen LogP contribution >= 0.6 is 15.9 Å². The largest absolute Gasteiger partial charge is 0.504 e. The van der Waals surface area contributed by atoms with Crippen LogP contribution in [-0.2, 0) is 0 Å². The molecule has 0 amide bonds. The zero-order valence-corrected chi connectivity index (χ0v) is 17.4. The van der Waals surface area contributed by atoms with E-state index in [1.54, 1.807) is 0 Å². The summed E-state index contributed by atoms with van der Waals surface area (Å²) in [5.74, 6) is -0.437. The molecule has 2 N–H and O–H groups in total. The van der Waals surface area contributed by atoms with Crippen molar-refractivity contribution in [2.75, 3.05) is 18.0 Å². The SMILES string of the molecule is CC1(C)CCN(c2ccc(-c3oc4c(O)c(O)ccc4c(=O)c3Br)cc2)CC1. The Morgan fingerprint density at radius 2 is 1.68 bits per heavy atom. The highest BCUT2D eigenvalue weighted by Crippen LogP contribution is 2.38. The van der Waals surface area contributed by atoms with Crippen molar-refractivity contribution in [1.29, 1.82) is 0 Å². The molecule has 1 aromatic heterocycles. The van der Waals surface area contributed by atoms with E-state index in [1.165, 1.54) is 12.1 Å². The fraction of sp³-hybridized carbons (Fsp3) is 0.318. The number of piperidine rings is 1. The van der Waals surface area contributed by atoms with Crippen molar-refractivity contribution in [2.24, 2.45) is 5.41 Å². The van der Waals surface area contributed by atoms with Gasteiger partial charge in [-0.1, -0.05) is 13.8 Å². The lowest BCUT2D eigenvalue weighted by molar-refractivity contribution is 0.280. The minimum absolute atomic E-state index is 0.0226. The second-order valence-corrected chi connectivity index (χ2v) is 8.88. The molecule has 1 aliphatic rings. The maximum Gasteiger partial charge on any atom is 0.207 e. The summed E-state index contributed by atoms with van der Waals surface area (Å²) >= 11 is 3.33. The summed E-state index contributed by atoms with van der Waals surface area (Å²) in [4.78, 5) is 15.0. The topological polar surface area (TPSA) is 73.9 Å². The Balaban J connectivity index is 1.72. The summed E-state index contributed by atoms with van der Waals surface area (Å²) in [6.45, 7) is 6.66. The average molecular weight is 444 g/mol. The molecule has 3 aromatic rings. The summed E-state index contributed by atoms with van der Waals surface area (Å²) < 4.78 is 6.10. The minimum atomic E-state index is -0.434. The smallest absolute Gasteiger partial charge is 0.207 e. The molecular formula is C22H22BrNO4. The van der Waals surface area contributed by atoms with Gasteiger partial charge in [0, 0.05) is 24.3 Å². The van der Waals surface area contributed by atoms with Crippen molar-refractivity contribution < 1.29 is 14.6 Å². The number of fused-ring (bicyclic) bond motifs is 1. The molecule has 1 aliphatic heterocycles. The highest BCUT2D eigenvalue weighted by atomic mass is 79.9. The lowest BCUT2D eigenvalue weighted by Gasteiger charge is -2.38. The molecule has 0 saturated carbocycles. The van der Waals surface area contributed by atoms with Crippen LogP contribution in [0.25, 0.3) is 22.3 Å². The highest BCUT2D eigenvalue weighted by molar-refractivity contribution is 9.10. The summed E-state index contributed by atoms with van der Waals surface area (Å²) in [7, 11) is 0. The summed E-state index contributed by atoms with van der Waals surface area (Å²) in [6.07, 6.45) is 2.31. The van der Waals surface area contributed by atoms with Gasteiger partial charge in [0.25, 0.3) is 0 Å². The molecule has 4 rings (SSSR count). The molecule has 0 bridgehead atoms. The van der Waals surface area contributed by atoms with Crippen molar-refractivity contribution in [3.05, 3.63) is 51.1 Å². The monoisotopic (exact) mass is 443 g/mol. The van der Waals surface area contributed by atoms with E-state index in [-0.39, 0.29) is 26.6 Å². The van der Waals surface area contributed by atoms with Gasteiger partial charge in [0.05, 0.1) is 5.39 Å². The van der Waals surface area contributed by atoms with E-state index < -0.39 is 5.75 Å². The number of rotatable bonds is 2. The number of phenolic OH excluding ortho intramolecular Hbond substituents is 2. The Hall–Kier alpha value is -2.47. The van der Waals surface area contributed by atoms with Crippen LogP contribution in [0.2, 0.25) is 0 Å². The van der Waals surface area contributed by atoms with Gasteiger partial charge in [-0.3, -0.25) is 4.79 Å². The number of phenols is 2. The third kappa shape index (κ3) is 3.26. The van der Waals surface area contributed by atoms with Crippen molar-refractivity contribution >= 4 is 32.6 Å². The summed E-state index contributed by atoms with van der Waals surface area (Å²) in [6, 6.07) is 10.6. The maximum absolute atomic E-state index is 12.7. The van der Waals surface area contributed by atoms with Gasteiger partial charge >= 0.3 is 0 Å². The fourth-order valence-corrected chi connectivity index (χ4v) is 4.11. The molecule has 0 spiro atoms. The van der Waals surface area contributed by atoms with Gasteiger partial charge in [0.2, 0.25) is 11.2 Å². The van der Waals surface area contributed by atoms with E-state index in [0.717, 1.165) is 37.2 Å². The average Bonchev–Trinajstić information content (AvgIpc) is 2.68. The third-order valence-electron chi connectivity index (χ3n) is 5.57. The molecule has 0 radical (unpaired) electrons. The van der Waals surface area contributed by atoms with Gasteiger partial charge < -0.3 is 19.5 Å². The molecular weight excluding hydrogens is 422 g/mol. The van der Waals surface area contributed by atoms with Crippen molar-refractivity contribution in [1.82, 2.24) is 0 Å². The molecule has 0 aliphatic carbocycles. The number of hydrogen-bond acceptors (Lipinski definition) is 5. The Bertz CT molecular complexity index is 1090. The minimum Gasteiger partial charge on any atom is -0.504 e. The zero-order chi connectivity index (χ0) is 20.1. The highest BCUT2D eigenvalue weighted by Gasteiger charge is 2.25. The number of hydrogen-bond donors (Lipinski definition) is 2. The number of anilines is 1. The lowest BCUT2D eigenvalue weighted by atomic mass is 9.82. The van der Waals surface area contributed by atoms with E-state index in [0.29, 0.717) is 11.2 Å². The van der Waals surface area contributed by atoms with Crippen molar-refractivity contribution in [3.63, 3.8) is 0 Å². The Kier molecular flexibility index (Phi) is 4.62. The molecule has 28 heavy (non-hydrogen) atoms. The predicted octanol–water partition coefficient (Wildman–Crippen LogP) is 5.26. The van der Waals surface area contributed by atoms with Gasteiger partial charge in [-0.25, -0.2) is 0 Å². The molecule has 1 fully saturated rings. The number of benzene rings is 2. The van der Waals surface area contributed by atoms with Gasteiger partial charge in [0.1, 0.15) is 4.47 Å². The van der Waals surface area contributed by atoms with E-state index in [1.807, 2.05) is 24.3 Å². The van der Waals surface area contributed by atoms with Gasteiger partial charge in [-0.15, -0.1) is 0 Å². The first kappa shape index (κ1) is 18.9. The number of halogens is 1. The Morgan fingerprint density at radius 1 is 1.04 bits per heavy atom. The third-order valence-corrected chi connectivity index (χ3v) is 6.29. The standard InChI is InChI=1S/C22H22BrNO4/c1-22(2)9-11-24(12-10-22)14-5-3-13(4-6-14)20-17(23)18(26)15-7-8-16(25)19(27)21(15)28-20/h3-8,25,27H,9-12H2,1-2H3. The van der Waals surface area contributed by atoms with Crippen LogP contribution in [0.1, 0.15) is 26.7 Å². The van der Waals surface area contributed by atoms with Crippen LogP contribution in [0, 0.1) is 5.41 Å². The van der Waals surface area contributed by atoms with E-state index >= 15 is 0 Å². The van der Waals surface area contributed by atoms with Crippen LogP contribution in [-0.4, -0.2) is 23.3 Å². The normalized spacial score (nSPS) is 16.5. The lowest BCUT2D eigenvalue weighted by Crippen LogP contribution is -2.37. The zero-order valence-electron chi connectivity index (χ0n) is 15.8. The molecule has 2 aromatic carbocycles. The first-order valence-electron chi connectivity index (χ1n) is 9.29. The van der Waals surface area contributed by atoms with Crippen LogP contribution in [0.5, 0.6) is 11.5 Å². The second-order valence-electron chi connectivity index (χ2n) is 8.08. The molecule has 0 atom stereocenters. The predicted molar refractivity (Wildman–Crippen MR) is 114 cm³/mol. The quantitative estimate of drug-likeness (QED) is 0.528. The maximum atomic E-state index is 12.7. The van der Waals surface area contributed by atoms with Gasteiger partial charge in [0.15, 0.2) is 17.1 Å². The van der Waals surface area contributed by atoms with E-state index in [2.05, 4.69) is 34.7 Å². The molecule has 6 heteroatoms. The number of nitrogens with zero attached hydrogens (tertiary/aromatic N) is 1. The molecule has 146 valence electrons. The Labute approximate surface area is 171 Å². The van der Waals surface area contributed by atoms with Gasteiger partial charge in [-0.2, -0.15) is 0 Å². The van der Waals surface area contributed by atoms with Crippen LogP contribution < -0.4 is 10.3 Å². The van der Waals surface area contributed by atoms with Crippen LogP contribution in [0.15, 0.2) is 50.1 Å². The second kappa shape index (κ2) is 6.85. The first-order chi connectivity index (χ1) is 13.3. The molecule has 0 unspecified atom stereocenters. The van der Waals surface area contributed by atoms with Crippen molar-refractivity contribution in [2.45, 2.75) is 26.7 Å². The van der Waals surface area contributed by atoms with Crippen molar-refractivity contribution in [3.8, 4) is 22.8 Å². The van der Waals surface area contributed by atoms with Crippen LogP contribution in [0.3, 0.4) is 0 Å². The fourth-order valence-electron chi connectivity index (χ4n) is 3.59. The Morgan fingerprint density at radius 3 is 2.32 bits per heavy atom. The summed E-state index contributed by atoms with van der Waals surface area (Å²) in [5, 5.41) is 20.0. The first-order valence-corrected chi connectivity index (χ1v) is 10.1.